The number of nitrogens with zero attached hydrogens (tertiary/aromatic N) is 18. The molecule has 0 aliphatic carbocycles. The molecular formula is C102H143N18OS+5. The van der Waals surface area contributed by atoms with Gasteiger partial charge in [0, 0.05) is 131 Å². The highest BCUT2D eigenvalue weighted by atomic mass is 32.1. The quantitative estimate of drug-likeness (QED) is 0.125. The molecule has 20 heteroatoms. The van der Waals surface area contributed by atoms with E-state index >= 15 is 0 Å². The fourth-order valence-corrected chi connectivity index (χ4v) is 17.0. The van der Waals surface area contributed by atoms with E-state index in [4.69, 9.17) is 9.52 Å². The number of hydrogen-bond acceptors (Lipinski definition) is 9. The van der Waals surface area contributed by atoms with Gasteiger partial charge < -0.3 is 8.98 Å². The number of rotatable bonds is 4. The van der Waals surface area contributed by atoms with Crippen molar-refractivity contribution in [1.29, 1.82) is 0 Å². The minimum atomic E-state index is 0.926. The van der Waals surface area contributed by atoms with Crippen LogP contribution in [-0.2, 0) is 70.5 Å². The Bertz CT molecular complexity index is 6430. The zero-order valence-corrected chi connectivity index (χ0v) is 82.5. The molecule has 0 fully saturated rings. The standard InChI is InChI=1S/C21H24N3.C19H21N4.C18H18N3O.C18H18N3S.C10H14N5.8C2H6/c1-11-9-8-10-17-18(11)21-23(7)22-16(6)24(21)20-15(5)13(3)12(2)14(4)19(17)20;1-12-10-18-16(14-8-6-7-9-17(14)22(18)4)11-15(12)19-21(3)13(2)20-23(19)5;2*1-11-9-17-15(13-7-5-6-8-16(13)22-17)10-14(11)18-20(3)12(2)19-21(18)4;1-7-5-11-6-12-9(7)10-14(3)8(2)13-15(10)4;8*1-2/h8-10H,1-7H3;6-11H,1-5H3;2*5-10H,1-4H3;5-6H,1-4H3;8*1-2H3/q5*+1;;;;;;;;. The van der Waals surface area contributed by atoms with Gasteiger partial charge in [-0.2, -0.15) is 4.40 Å². The maximum atomic E-state index is 5.96. The summed E-state index contributed by atoms with van der Waals surface area (Å²) in [4.78, 5) is 8.28. The van der Waals surface area contributed by atoms with Crippen LogP contribution >= 0.6 is 11.3 Å². The van der Waals surface area contributed by atoms with Crippen LogP contribution < -0.4 is 22.7 Å². The molecule has 0 aliphatic heterocycles. The largest absolute Gasteiger partial charge is 0.456 e. The Kier molecular flexibility index (Phi) is 36.0. The van der Waals surface area contributed by atoms with E-state index in [9.17, 15) is 0 Å². The first-order chi connectivity index (χ1) is 58.6. The molecule has 8 aromatic carbocycles. The zero-order chi connectivity index (χ0) is 91.5. The predicted molar refractivity (Wildman–Crippen MR) is 518 cm³/mol. The maximum absolute atomic E-state index is 5.96. The summed E-state index contributed by atoms with van der Waals surface area (Å²) in [7, 11) is 20.3. The van der Waals surface area contributed by atoms with Crippen molar-refractivity contribution < 1.29 is 27.1 Å². The first kappa shape index (κ1) is 99.2. The van der Waals surface area contributed by atoms with Gasteiger partial charge in [0.2, 0.25) is 0 Å². The highest BCUT2D eigenvalue weighted by Crippen LogP contribution is 2.40. The summed E-state index contributed by atoms with van der Waals surface area (Å²) >= 11 is 1.86. The summed E-state index contributed by atoms with van der Waals surface area (Å²) in [6.07, 6.45) is 3.37. The topological polar surface area (TPSA) is 153 Å². The second-order valence-electron chi connectivity index (χ2n) is 28.6. The lowest BCUT2D eigenvalue weighted by Crippen LogP contribution is -2.33. The Morgan fingerprint density at radius 1 is 0.320 bits per heavy atom. The number of pyridine rings is 1. The number of aryl methyl sites for hydroxylation is 18. The molecule has 0 spiro atoms. The molecule has 0 unspecified atom stereocenters. The fraction of sp³-hybridized carbons (Fsp3) is 0.392. The van der Waals surface area contributed by atoms with Gasteiger partial charge in [0.05, 0.1) is 85.5 Å². The van der Waals surface area contributed by atoms with Crippen molar-refractivity contribution >= 4 is 103 Å². The van der Waals surface area contributed by atoms with Crippen molar-refractivity contribution in [2.45, 2.75) is 208 Å². The lowest BCUT2D eigenvalue weighted by atomic mass is 9.91. The molecule has 10 aromatic heterocycles. The summed E-state index contributed by atoms with van der Waals surface area (Å²) in [5, 5.41) is 34.3. The zero-order valence-electron chi connectivity index (χ0n) is 81.6. The van der Waals surface area contributed by atoms with Crippen LogP contribution in [0.25, 0.3) is 137 Å². The lowest BCUT2D eigenvalue weighted by Gasteiger charge is -2.16. The first-order valence-corrected chi connectivity index (χ1v) is 44.7. The van der Waals surface area contributed by atoms with E-state index in [-0.39, 0.29) is 0 Å². The number of furan rings is 1. The Morgan fingerprint density at radius 3 is 1.25 bits per heavy atom. The van der Waals surface area contributed by atoms with E-state index in [1.165, 1.54) is 130 Å². The first-order valence-electron chi connectivity index (χ1n) is 43.9. The molecule has 0 aliphatic rings. The van der Waals surface area contributed by atoms with E-state index in [0.29, 0.717) is 0 Å². The van der Waals surface area contributed by atoms with Crippen molar-refractivity contribution in [3.63, 3.8) is 0 Å². The summed E-state index contributed by atoms with van der Waals surface area (Å²) in [6.45, 7) is 61.8. The number of thiophene rings is 1. The highest BCUT2D eigenvalue weighted by molar-refractivity contribution is 7.25. The molecule has 0 atom stereocenters. The predicted octanol–water partition coefficient (Wildman–Crippen LogP) is 23.3. The van der Waals surface area contributed by atoms with E-state index < -0.39 is 0 Å². The van der Waals surface area contributed by atoms with E-state index in [2.05, 4.69) is 253 Å². The minimum Gasteiger partial charge on any atom is -0.456 e. The third-order valence-electron chi connectivity index (χ3n) is 21.9. The number of hydrogen-bond donors (Lipinski definition) is 0. The van der Waals surface area contributed by atoms with Gasteiger partial charge in [-0.1, -0.05) is 184 Å². The molecule has 19 nitrogen and oxygen atoms in total. The highest BCUT2D eigenvalue weighted by Gasteiger charge is 2.29. The molecule has 10 heterocycles. The molecule has 0 amide bonds. The number of aromatic nitrogens is 18. The molecule has 648 valence electrons. The van der Waals surface area contributed by atoms with Crippen LogP contribution in [0.15, 0.2) is 144 Å². The van der Waals surface area contributed by atoms with Gasteiger partial charge in [-0.15, -0.1) is 34.7 Å². The van der Waals surface area contributed by atoms with E-state index in [1.54, 1.807) is 6.33 Å². The summed E-state index contributed by atoms with van der Waals surface area (Å²) in [6, 6.07) is 45.5. The van der Waals surface area contributed by atoms with Gasteiger partial charge in [0.1, 0.15) is 28.7 Å². The SMILES string of the molecule is CC.CC.CC.CC.CC.CC.CC.CC.Cc1c(C)c(C)c2c(c1C)c1cccc(C)c1c1n(C)nc(C)[n+]21.Cc1cc2c(cc1-c1n(C)nc(C)[n+]1C)c1ccccc1n2C.Cc1cc2oc3ccccc3c2cc1-c1n(C)nc(C)[n+]1C.Cc1cc2sc3ccccc3c2cc1-c1n(C)nc(C)[n+]1C.Cc1cncnc1-c1n(C)nc(C)[n+]1C. The summed E-state index contributed by atoms with van der Waals surface area (Å²) in [5.41, 5.74) is 23.1. The van der Waals surface area contributed by atoms with Crippen LogP contribution in [0.3, 0.4) is 0 Å². The van der Waals surface area contributed by atoms with E-state index in [0.717, 1.165) is 85.6 Å². The Morgan fingerprint density at radius 2 is 0.746 bits per heavy atom. The molecule has 0 radical (unpaired) electrons. The Hall–Kier alpha value is -11.6. The van der Waals surface area contributed by atoms with Gasteiger partial charge in [0.25, 0.3) is 58.1 Å². The third-order valence-corrected chi connectivity index (χ3v) is 23.1. The monoisotopic (exact) mass is 1670 g/mol. The van der Waals surface area contributed by atoms with Crippen molar-refractivity contribution in [3.05, 3.63) is 219 Å². The number of fused-ring (bicyclic) bond motifs is 15. The average Bonchev–Trinajstić information content (AvgIpc) is 1.38. The summed E-state index contributed by atoms with van der Waals surface area (Å²) < 4.78 is 31.5. The van der Waals surface area contributed by atoms with Crippen molar-refractivity contribution in [2.24, 2.45) is 70.5 Å². The van der Waals surface area contributed by atoms with Crippen LogP contribution in [-0.4, -0.2) is 63.4 Å². The smallest absolute Gasteiger partial charge is 0.286 e. The molecule has 18 aromatic rings. The van der Waals surface area contributed by atoms with Crippen LogP contribution in [0.5, 0.6) is 0 Å². The van der Waals surface area contributed by atoms with Crippen LogP contribution in [0.2, 0.25) is 0 Å². The fourth-order valence-electron chi connectivity index (χ4n) is 15.8. The normalized spacial score (nSPS) is 10.5. The lowest BCUT2D eigenvalue weighted by molar-refractivity contribution is -0.667. The number of para-hydroxylation sites is 2. The van der Waals surface area contributed by atoms with E-state index in [1.807, 2.05) is 251 Å². The second-order valence-corrected chi connectivity index (χ2v) is 29.7. The van der Waals surface area contributed by atoms with Crippen molar-refractivity contribution in [2.75, 3.05) is 0 Å². The molecular weight excluding hydrogens is 1530 g/mol. The minimum absolute atomic E-state index is 0.926. The van der Waals surface area contributed by atoms with Gasteiger partial charge >= 0.3 is 0 Å². The maximum Gasteiger partial charge on any atom is 0.286 e. The number of benzene rings is 8. The van der Waals surface area contributed by atoms with Crippen LogP contribution in [0.1, 0.15) is 190 Å². The van der Waals surface area contributed by atoms with Gasteiger partial charge in [-0.05, 0) is 172 Å². The molecule has 122 heavy (non-hydrogen) atoms. The van der Waals surface area contributed by atoms with Gasteiger partial charge in [-0.25, -0.2) is 28.2 Å². The van der Waals surface area contributed by atoms with Crippen molar-refractivity contribution in [3.8, 4) is 45.7 Å². The Balaban J connectivity index is 0.000000228. The van der Waals surface area contributed by atoms with Gasteiger partial charge in [-0.3, -0.25) is 0 Å². The Labute approximate surface area is 731 Å². The molecule has 0 saturated heterocycles. The summed E-state index contributed by atoms with van der Waals surface area (Å²) in [5.74, 6) is 9.40. The molecule has 0 saturated carbocycles. The molecule has 0 bridgehead atoms. The van der Waals surface area contributed by atoms with Gasteiger partial charge in [0.15, 0.2) is 0 Å². The second kappa shape index (κ2) is 44.2. The third kappa shape index (κ3) is 19.3. The average molecular weight is 1670 g/mol. The van der Waals surface area contributed by atoms with Crippen LogP contribution in [0.4, 0.5) is 0 Å². The van der Waals surface area contributed by atoms with Crippen LogP contribution in [0, 0.1) is 96.9 Å². The molecule has 18 rings (SSSR count). The van der Waals surface area contributed by atoms with Crippen molar-refractivity contribution in [1.82, 2.24) is 63.4 Å². The molecule has 0 N–H and O–H groups in total.